The average Bonchev–Trinajstić information content (AvgIpc) is 3.14. The third-order valence-electron chi connectivity index (χ3n) is 10.4. The SMILES string of the molecule is CCCC[C@H](O)[C@H](O)C=CC1=C(C[C@H](O)CO)[C@H](CCCCCCC(=O)O)N[C@@H]([C@@](C)(O)Cc2ccc(O)cc2CCO)CC#Cc2ccccc2CC1. The van der Waals surface area contributed by atoms with Crippen LogP contribution in [-0.4, -0.2) is 96.0 Å². The predicted octanol–water partition coefficient (Wildman–Crippen LogP) is 4.87. The van der Waals surface area contributed by atoms with Gasteiger partial charge in [0.1, 0.15) is 5.75 Å². The molecule has 6 atom stereocenters. The Hall–Kier alpha value is -3.53. The van der Waals surface area contributed by atoms with Crippen LogP contribution in [0.25, 0.3) is 0 Å². The number of aliphatic carboxylic acids is 1. The van der Waals surface area contributed by atoms with E-state index in [4.69, 9.17) is 5.11 Å². The molecule has 0 spiro atoms. The number of unbranched alkanes of at least 4 members (excludes halogenated alkanes) is 4. The summed E-state index contributed by atoms with van der Waals surface area (Å²) in [6.45, 7) is 3.17. The maximum atomic E-state index is 12.4. The molecule has 0 unspecified atom stereocenters. The molecule has 0 saturated heterocycles. The normalized spacial score (nSPS) is 19.5. The maximum Gasteiger partial charge on any atom is 0.303 e. The van der Waals surface area contributed by atoms with E-state index in [2.05, 4.69) is 17.2 Å². The van der Waals surface area contributed by atoms with Gasteiger partial charge in [-0.2, -0.15) is 0 Å². The van der Waals surface area contributed by atoms with Gasteiger partial charge in [0.25, 0.3) is 0 Å². The first-order chi connectivity index (χ1) is 25.9. The molecule has 0 radical (unpaired) electrons. The molecular weight excluding hydrogens is 686 g/mol. The molecule has 1 aliphatic heterocycles. The minimum Gasteiger partial charge on any atom is -0.508 e. The van der Waals surface area contributed by atoms with Crippen LogP contribution in [0.5, 0.6) is 5.75 Å². The topological polar surface area (TPSA) is 191 Å². The van der Waals surface area contributed by atoms with Crippen LogP contribution in [0.2, 0.25) is 0 Å². The largest absolute Gasteiger partial charge is 0.508 e. The number of fused-ring (bicyclic) bond motifs is 1. The molecule has 0 amide bonds. The number of carbonyl (C=O) groups is 1. The minimum absolute atomic E-state index is 0.0692. The zero-order valence-electron chi connectivity index (χ0n) is 32.1. The first kappa shape index (κ1) is 44.9. The lowest BCUT2D eigenvalue weighted by atomic mass is 9.82. The van der Waals surface area contributed by atoms with Crippen molar-refractivity contribution in [1.29, 1.82) is 0 Å². The number of phenols is 1. The van der Waals surface area contributed by atoms with Gasteiger partial charge in [-0.3, -0.25) is 4.79 Å². The Morgan fingerprint density at radius 3 is 2.50 bits per heavy atom. The molecule has 1 aliphatic rings. The lowest BCUT2D eigenvalue weighted by Crippen LogP contribution is -2.54. The predicted molar refractivity (Wildman–Crippen MR) is 211 cm³/mol. The molecular formula is C44H63NO9. The first-order valence-electron chi connectivity index (χ1n) is 19.6. The van der Waals surface area contributed by atoms with Crippen LogP contribution < -0.4 is 5.32 Å². The monoisotopic (exact) mass is 749 g/mol. The summed E-state index contributed by atoms with van der Waals surface area (Å²) in [5.41, 5.74) is 3.63. The van der Waals surface area contributed by atoms with Crippen molar-refractivity contribution in [3.63, 3.8) is 0 Å². The minimum atomic E-state index is -1.39. The second-order valence-electron chi connectivity index (χ2n) is 14.9. The fraction of sp³-hybridized carbons (Fsp3) is 0.568. The van der Waals surface area contributed by atoms with E-state index in [-0.39, 0.29) is 38.0 Å². The smallest absolute Gasteiger partial charge is 0.303 e. The molecule has 2 aromatic carbocycles. The average molecular weight is 750 g/mol. The number of aromatic hydroxyl groups is 1. The van der Waals surface area contributed by atoms with Gasteiger partial charge in [0.05, 0.1) is 30.5 Å². The van der Waals surface area contributed by atoms with Gasteiger partial charge >= 0.3 is 5.97 Å². The zero-order chi connectivity index (χ0) is 39.5. The van der Waals surface area contributed by atoms with Crippen LogP contribution in [-0.2, 0) is 24.1 Å². The van der Waals surface area contributed by atoms with E-state index < -0.39 is 48.6 Å². The quantitative estimate of drug-likeness (QED) is 0.0629. The molecule has 54 heavy (non-hydrogen) atoms. The van der Waals surface area contributed by atoms with Crippen molar-refractivity contribution in [1.82, 2.24) is 5.32 Å². The van der Waals surface area contributed by atoms with Crippen molar-refractivity contribution in [2.45, 2.75) is 146 Å². The van der Waals surface area contributed by atoms with Crippen LogP contribution in [0.3, 0.4) is 0 Å². The van der Waals surface area contributed by atoms with E-state index in [1.807, 2.05) is 37.3 Å². The Morgan fingerprint density at radius 1 is 1.02 bits per heavy atom. The number of allylic oxidation sites excluding steroid dienone is 2. The molecule has 298 valence electrons. The van der Waals surface area contributed by atoms with Gasteiger partial charge in [0.2, 0.25) is 0 Å². The number of rotatable bonds is 21. The standard InChI is InChI=1S/C44H63NO9/c1-3-4-16-40(50)41(51)24-22-33-20-19-32-13-10-9-12-31(32)14-11-17-42(44(2,54)29-35-21-23-36(48)27-34(35)25-26-46)45-39(38(33)28-37(49)30-47)15-7-5-6-8-18-43(52)53/h9-10,12-13,21-24,27,37,39-42,45-51,54H,3-8,15-20,25-26,28-30H2,1-2H3,(H,52,53)/t37-,39-,40-,41+,42+,44-/m0/s1. The summed E-state index contributed by atoms with van der Waals surface area (Å²) in [5, 5.41) is 87.9. The van der Waals surface area contributed by atoms with Gasteiger partial charge < -0.3 is 46.2 Å². The molecule has 0 saturated carbocycles. The van der Waals surface area contributed by atoms with E-state index in [1.54, 1.807) is 31.2 Å². The van der Waals surface area contributed by atoms with Crippen LogP contribution >= 0.6 is 0 Å². The molecule has 2 aromatic rings. The summed E-state index contributed by atoms with van der Waals surface area (Å²) in [7, 11) is 0. The van der Waals surface area contributed by atoms with E-state index >= 15 is 0 Å². The molecule has 9 N–H and O–H groups in total. The van der Waals surface area contributed by atoms with Crippen LogP contribution in [0.1, 0.15) is 113 Å². The number of nitrogens with one attached hydrogen (secondary N) is 1. The van der Waals surface area contributed by atoms with Crippen molar-refractivity contribution in [3.8, 4) is 17.6 Å². The second kappa shape index (κ2) is 23.4. The highest BCUT2D eigenvalue weighted by molar-refractivity contribution is 5.66. The Balaban J connectivity index is 2.18. The number of carboxylic acids is 1. The Kier molecular flexibility index (Phi) is 19.4. The van der Waals surface area contributed by atoms with Crippen LogP contribution in [0, 0.1) is 11.8 Å². The summed E-state index contributed by atoms with van der Waals surface area (Å²) in [6, 6.07) is 11.8. The van der Waals surface area contributed by atoms with Gasteiger partial charge in [0.15, 0.2) is 0 Å². The number of carboxylic acid groups (broad SMARTS) is 1. The van der Waals surface area contributed by atoms with Gasteiger partial charge in [-0.05, 0) is 97.9 Å². The number of aryl methyl sites for hydroxylation is 1. The Morgan fingerprint density at radius 2 is 1.78 bits per heavy atom. The highest BCUT2D eigenvalue weighted by Crippen LogP contribution is 2.31. The van der Waals surface area contributed by atoms with Gasteiger partial charge in [-0.1, -0.05) is 87.3 Å². The van der Waals surface area contributed by atoms with E-state index in [0.717, 1.165) is 59.1 Å². The van der Waals surface area contributed by atoms with Crippen molar-refractivity contribution >= 4 is 5.97 Å². The molecule has 3 rings (SSSR count). The third kappa shape index (κ3) is 15.0. The van der Waals surface area contributed by atoms with E-state index in [9.17, 15) is 40.5 Å². The summed E-state index contributed by atoms with van der Waals surface area (Å²) >= 11 is 0. The van der Waals surface area contributed by atoms with Gasteiger partial charge in [-0.15, -0.1) is 0 Å². The number of hydrogen-bond donors (Lipinski definition) is 9. The van der Waals surface area contributed by atoms with Crippen LogP contribution in [0.4, 0.5) is 0 Å². The summed E-state index contributed by atoms with van der Waals surface area (Å²) in [6.07, 6.45) is 7.81. The molecule has 1 heterocycles. The molecule has 0 aromatic heterocycles. The molecule has 0 aliphatic carbocycles. The fourth-order valence-corrected chi connectivity index (χ4v) is 7.16. The number of hydrogen-bond acceptors (Lipinski definition) is 9. The summed E-state index contributed by atoms with van der Waals surface area (Å²) < 4.78 is 0. The maximum absolute atomic E-state index is 12.4. The van der Waals surface area contributed by atoms with E-state index in [1.165, 1.54) is 0 Å². The number of phenolic OH excluding ortho intramolecular Hbond substituents is 1. The molecule has 0 bridgehead atoms. The Labute approximate surface area is 321 Å². The van der Waals surface area contributed by atoms with Crippen molar-refractivity contribution in [2.24, 2.45) is 0 Å². The number of benzene rings is 2. The lowest BCUT2D eigenvalue weighted by Gasteiger charge is -2.38. The third-order valence-corrected chi connectivity index (χ3v) is 10.4. The summed E-state index contributed by atoms with van der Waals surface area (Å²) in [4.78, 5) is 11.1. The fourth-order valence-electron chi connectivity index (χ4n) is 7.16. The second-order valence-corrected chi connectivity index (χ2v) is 14.9. The highest BCUT2D eigenvalue weighted by atomic mass is 16.4. The molecule has 0 fully saturated rings. The van der Waals surface area contributed by atoms with Crippen molar-refractivity contribution < 1.29 is 45.6 Å². The van der Waals surface area contributed by atoms with Gasteiger partial charge in [0, 0.05) is 43.5 Å². The molecule has 10 nitrogen and oxygen atoms in total. The summed E-state index contributed by atoms with van der Waals surface area (Å²) in [5.74, 6) is 5.89. The first-order valence-corrected chi connectivity index (χ1v) is 19.6. The van der Waals surface area contributed by atoms with Crippen molar-refractivity contribution in [3.05, 3.63) is 88.0 Å². The van der Waals surface area contributed by atoms with Gasteiger partial charge in [-0.25, -0.2) is 0 Å². The van der Waals surface area contributed by atoms with Crippen molar-refractivity contribution in [2.75, 3.05) is 13.2 Å². The number of aliphatic hydroxyl groups excluding tert-OH is 5. The van der Waals surface area contributed by atoms with Crippen LogP contribution in [0.15, 0.2) is 65.8 Å². The highest BCUT2D eigenvalue weighted by Gasteiger charge is 2.35. The number of aliphatic hydroxyl groups is 6. The Bertz CT molecular complexity index is 1570. The zero-order valence-corrected chi connectivity index (χ0v) is 32.1. The van der Waals surface area contributed by atoms with E-state index in [0.29, 0.717) is 44.9 Å². The lowest BCUT2D eigenvalue weighted by molar-refractivity contribution is -0.137. The molecule has 10 heteroatoms.